The highest BCUT2D eigenvalue weighted by Crippen LogP contribution is 2.29. The zero-order valence-corrected chi connectivity index (χ0v) is 16.0. The number of hydrogen-bond donors (Lipinski definition) is 3. The Morgan fingerprint density at radius 2 is 1.86 bits per heavy atom. The molecule has 0 aliphatic carbocycles. The third-order valence-electron chi connectivity index (χ3n) is 3.80. The summed E-state index contributed by atoms with van der Waals surface area (Å²) in [6.45, 7) is 3.47. The van der Waals surface area contributed by atoms with Crippen LogP contribution in [0.25, 0.3) is 11.6 Å². The average molecular weight is 398 g/mol. The van der Waals surface area contributed by atoms with Gasteiger partial charge in [-0.05, 0) is 43.2 Å². The van der Waals surface area contributed by atoms with Crippen molar-refractivity contribution in [3.05, 3.63) is 59.7 Å². The molecule has 3 amide bonds. The SMILES string of the molecule is CCOc1cc(/C=C(/C(=O)O[C@H](C)C(=O)NC(N)=O)c2ccccc2)ccc1O. The second-order valence-corrected chi connectivity index (χ2v) is 5.99. The third-order valence-corrected chi connectivity index (χ3v) is 3.80. The van der Waals surface area contributed by atoms with E-state index in [2.05, 4.69) is 0 Å². The molecule has 152 valence electrons. The van der Waals surface area contributed by atoms with Crippen molar-refractivity contribution < 1.29 is 29.0 Å². The molecular weight excluding hydrogens is 376 g/mol. The van der Waals surface area contributed by atoms with E-state index >= 15 is 0 Å². The fourth-order valence-corrected chi connectivity index (χ4v) is 2.44. The zero-order chi connectivity index (χ0) is 21.4. The Labute approximate surface area is 167 Å². The van der Waals surface area contributed by atoms with Crippen LogP contribution in [-0.2, 0) is 14.3 Å². The zero-order valence-electron chi connectivity index (χ0n) is 16.0. The lowest BCUT2D eigenvalue weighted by molar-refractivity contribution is -0.148. The van der Waals surface area contributed by atoms with E-state index < -0.39 is 24.0 Å². The van der Waals surface area contributed by atoms with Crippen LogP contribution in [0, 0.1) is 0 Å². The molecular formula is C21H22N2O6. The van der Waals surface area contributed by atoms with E-state index in [1.54, 1.807) is 55.5 Å². The summed E-state index contributed by atoms with van der Waals surface area (Å²) in [5, 5.41) is 11.7. The minimum Gasteiger partial charge on any atom is -0.504 e. The Morgan fingerprint density at radius 1 is 1.17 bits per heavy atom. The number of phenols is 1. The number of aromatic hydroxyl groups is 1. The predicted octanol–water partition coefficient (Wildman–Crippen LogP) is 2.46. The average Bonchev–Trinajstić information content (AvgIpc) is 2.68. The summed E-state index contributed by atoms with van der Waals surface area (Å²) >= 11 is 0. The number of hydrogen-bond acceptors (Lipinski definition) is 6. The monoisotopic (exact) mass is 398 g/mol. The molecule has 0 aliphatic rings. The van der Waals surface area contributed by atoms with E-state index in [0.29, 0.717) is 17.7 Å². The number of carbonyl (C=O) groups excluding carboxylic acids is 3. The number of ether oxygens (including phenoxy) is 2. The van der Waals surface area contributed by atoms with Crippen molar-refractivity contribution in [3.8, 4) is 11.5 Å². The summed E-state index contributed by atoms with van der Waals surface area (Å²) in [7, 11) is 0. The van der Waals surface area contributed by atoms with Crippen molar-refractivity contribution >= 4 is 29.6 Å². The lowest BCUT2D eigenvalue weighted by atomic mass is 10.0. The number of benzene rings is 2. The van der Waals surface area contributed by atoms with Crippen LogP contribution in [0.15, 0.2) is 48.5 Å². The first kappa shape index (κ1) is 21.5. The molecule has 0 aromatic heterocycles. The first-order valence-corrected chi connectivity index (χ1v) is 8.86. The van der Waals surface area contributed by atoms with Crippen LogP contribution in [0.2, 0.25) is 0 Å². The molecule has 0 spiro atoms. The number of primary amides is 1. The van der Waals surface area contributed by atoms with Crippen molar-refractivity contribution in [3.63, 3.8) is 0 Å². The summed E-state index contributed by atoms with van der Waals surface area (Å²) in [6.07, 6.45) is 0.319. The van der Waals surface area contributed by atoms with Gasteiger partial charge in [-0.3, -0.25) is 10.1 Å². The second-order valence-electron chi connectivity index (χ2n) is 5.99. The number of nitrogens with two attached hydrogens (primary N) is 1. The van der Waals surface area contributed by atoms with Crippen molar-refractivity contribution in [2.75, 3.05) is 6.61 Å². The molecule has 0 unspecified atom stereocenters. The molecule has 0 bridgehead atoms. The highest BCUT2D eigenvalue weighted by Gasteiger charge is 2.22. The number of urea groups is 1. The van der Waals surface area contributed by atoms with E-state index in [4.69, 9.17) is 15.2 Å². The van der Waals surface area contributed by atoms with Crippen molar-refractivity contribution in [1.82, 2.24) is 5.32 Å². The van der Waals surface area contributed by atoms with Gasteiger partial charge in [0.2, 0.25) is 0 Å². The van der Waals surface area contributed by atoms with Gasteiger partial charge in [0.1, 0.15) is 0 Å². The molecule has 8 nitrogen and oxygen atoms in total. The van der Waals surface area contributed by atoms with Gasteiger partial charge in [0.15, 0.2) is 17.6 Å². The van der Waals surface area contributed by atoms with Crippen LogP contribution in [0.4, 0.5) is 4.79 Å². The van der Waals surface area contributed by atoms with Crippen molar-refractivity contribution in [2.24, 2.45) is 5.73 Å². The Hall–Kier alpha value is -3.81. The minimum atomic E-state index is -1.24. The van der Waals surface area contributed by atoms with Gasteiger partial charge in [-0.15, -0.1) is 0 Å². The molecule has 0 fully saturated rings. The molecule has 4 N–H and O–H groups in total. The largest absolute Gasteiger partial charge is 0.504 e. The highest BCUT2D eigenvalue weighted by molar-refractivity contribution is 6.22. The molecule has 0 aliphatic heterocycles. The first-order valence-electron chi connectivity index (χ1n) is 8.86. The highest BCUT2D eigenvalue weighted by atomic mass is 16.5. The predicted molar refractivity (Wildman–Crippen MR) is 107 cm³/mol. The Morgan fingerprint density at radius 3 is 2.48 bits per heavy atom. The summed E-state index contributed by atoms with van der Waals surface area (Å²) in [5.74, 6) is -1.35. The smallest absolute Gasteiger partial charge is 0.339 e. The lowest BCUT2D eigenvalue weighted by Gasteiger charge is -2.14. The van der Waals surface area contributed by atoms with Crippen LogP contribution in [0.1, 0.15) is 25.0 Å². The molecule has 8 heteroatoms. The van der Waals surface area contributed by atoms with Gasteiger partial charge in [-0.2, -0.15) is 0 Å². The Balaban J connectivity index is 2.37. The van der Waals surface area contributed by atoms with Gasteiger partial charge < -0.3 is 20.3 Å². The fraction of sp³-hybridized carbons (Fsp3) is 0.190. The van der Waals surface area contributed by atoms with Crippen LogP contribution < -0.4 is 15.8 Å². The second kappa shape index (κ2) is 9.93. The van der Waals surface area contributed by atoms with Gasteiger partial charge in [0, 0.05) is 0 Å². The molecule has 0 radical (unpaired) electrons. The number of phenolic OH excluding ortho intramolecular Hbond substituents is 1. The number of rotatable bonds is 7. The van der Waals surface area contributed by atoms with Crippen LogP contribution in [0.5, 0.6) is 11.5 Å². The molecule has 0 saturated heterocycles. The molecule has 1 atom stereocenters. The third kappa shape index (κ3) is 6.10. The fourth-order valence-electron chi connectivity index (χ4n) is 2.44. The van der Waals surface area contributed by atoms with Gasteiger partial charge in [-0.25, -0.2) is 9.59 Å². The number of esters is 1. The molecule has 0 heterocycles. The number of nitrogens with one attached hydrogen (secondary N) is 1. The quantitative estimate of drug-likeness (QED) is 0.373. The Bertz CT molecular complexity index is 924. The molecule has 2 aromatic rings. The normalized spacial score (nSPS) is 12.0. The topological polar surface area (TPSA) is 128 Å². The summed E-state index contributed by atoms with van der Waals surface area (Å²) < 4.78 is 10.6. The maximum Gasteiger partial charge on any atom is 0.339 e. The van der Waals surface area contributed by atoms with Crippen molar-refractivity contribution in [1.29, 1.82) is 0 Å². The van der Waals surface area contributed by atoms with Crippen LogP contribution in [0.3, 0.4) is 0 Å². The van der Waals surface area contributed by atoms with Crippen molar-refractivity contribution in [2.45, 2.75) is 20.0 Å². The van der Waals surface area contributed by atoms with E-state index in [1.807, 2.05) is 5.32 Å². The summed E-state index contributed by atoms with van der Waals surface area (Å²) in [4.78, 5) is 35.4. The first-order chi connectivity index (χ1) is 13.8. The number of imide groups is 1. The molecule has 0 saturated carbocycles. The van der Waals surface area contributed by atoms with E-state index in [1.165, 1.54) is 13.0 Å². The van der Waals surface area contributed by atoms with Crippen LogP contribution >= 0.6 is 0 Å². The van der Waals surface area contributed by atoms with Gasteiger partial charge in [0.05, 0.1) is 12.2 Å². The standard InChI is InChI=1S/C21H22N2O6/c1-3-28-18-12-14(9-10-17(18)24)11-16(15-7-5-4-6-8-15)20(26)29-13(2)19(25)23-21(22)27/h4-13,24H,3H2,1-2H3,(H3,22,23,25,27)/b16-11+/t13-/m1/s1. The maximum atomic E-state index is 12.8. The van der Waals surface area contributed by atoms with Gasteiger partial charge in [-0.1, -0.05) is 36.4 Å². The number of amides is 3. The van der Waals surface area contributed by atoms with Crippen LogP contribution in [-0.4, -0.2) is 35.7 Å². The molecule has 29 heavy (non-hydrogen) atoms. The van der Waals surface area contributed by atoms with E-state index in [9.17, 15) is 19.5 Å². The molecule has 2 aromatic carbocycles. The van der Waals surface area contributed by atoms with E-state index in [-0.39, 0.29) is 17.1 Å². The van der Waals surface area contributed by atoms with Gasteiger partial charge >= 0.3 is 12.0 Å². The number of carbonyl (C=O) groups is 3. The summed E-state index contributed by atoms with van der Waals surface area (Å²) in [5.41, 5.74) is 6.23. The molecule has 2 rings (SSSR count). The van der Waals surface area contributed by atoms with E-state index in [0.717, 1.165) is 0 Å². The van der Waals surface area contributed by atoms with Gasteiger partial charge in [0.25, 0.3) is 5.91 Å². The minimum absolute atomic E-state index is 0.0235. The lowest BCUT2D eigenvalue weighted by Crippen LogP contribution is -2.42. The summed E-state index contributed by atoms with van der Waals surface area (Å²) in [6, 6.07) is 12.3. The Kier molecular flexibility index (Phi) is 7.36. The maximum absolute atomic E-state index is 12.8.